The molecule has 0 saturated carbocycles. The van der Waals surface area contributed by atoms with E-state index in [2.05, 4.69) is 65.4 Å². The smallest absolute Gasteiger partial charge is 0.127 e. The van der Waals surface area contributed by atoms with E-state index in [1.54, 1.807) is 0 Å². The first kappa shape index (κ1) is 14.6. The van der Waals surface area contributed by atoms with Gasteiger partial charge in [-0.15, -0.1) is 0 Å². The molecule has 0 bridgehead atoms. The fourth-order valence-corrected chi connectivity index (χ4v) is 3.48. The van der Waals surface area contributed by atoms with Crippen LogP contribution in [0.5, 0.6) is 5.75 Å². The fourth-order valence-electron chi connectivity index (χ4n) is 2.96. The normalized spacial score (nSPS) is 14.7. The van der Waals surface area contributed by atoms with E-state index in [-0.39, 0.29) is 6.04 Å². The topological polar surface area (TPSA) is 21.3 Å². The monoisotopic (exact) mass is 345 g/mol. The van der Waals surface area contributed by atoms with E-state index in [1.807, 2.05) is 7.05 Å². The quantitative estimate of drug-likeness (QED) is 0.894. The fraction of sp³-hybridized carbons (Fsp3) is 0.333. The van der Waals surface area contributed by atoms with Crippen molar-refractivity contribution < 1.29 is 4.74 Å². The van der Waals surface area contributed by atoms with Crippen molar-refractivity contribution in [3.05, 3.63) is 62.6 Å². The van der Waals surface area contributed by atoms with Crippen molar-refractivity contribution in [1.82, 2.24) is 5.32 Å². The summed E-state index contributed by atoms with van der Waals surface area (Å²) in [5.74, 6) is 1.05. The van der Waals surface area contributed by atoms with E-state index in [0.29, 0.717) is 0 Å². The summed E-state index contributed by atoms with van der Waals surface area (Å²) in [6.07, 6.45) is 0.991. The van der Waals surface area contributed by atoms with Gasteiger partial charge in [0.05, 0.1) is 12.6 Å². The summed E-state index contributed by atoms with van der Waals surface area (Å²) in [7, 11) is 2.00. The van der Waals surface area contributed by atoms with Gasteiger partial charge in [0.15, 0.2) is 0 Å². The van der Waals surface area contributed by atoms with Crippen LogP contribution >= 0.6 is 15.9 Å². The molecule has 0 radical (unpaired) electrons. The van der Waals surface area contributed by atoms with E-state index in [4.69, 9.17) is 4.74 Å². The predicted octanol–water partition coefficient (Wildman–Crippen LogP) is 4.31. The molecular weight excluding hydrogens is 326 g/mol. The van der Waals surface area contributed by atoms with Gasteiger partial charge in [-0.25, -0.2) is 0 Å². The zero-order valence-corrected chi connectivity index (χ0v) is 14.3. The van der Waals surface area contributed by atoms with Crippen LogP contribution in [-0.4, -0.2) is 13.7 Å². The maximum atomic E-state index is 5.88. The number of ether oxygens (including phenoxy) is 1. The summed E-state index contributed by atoms with van der Waals surface area (Å²) in [4.78, 5) is 0. The standard InChI is InChI=1S/C18H20BrNO/c1-11-4-5-13(8-12(11)2)17(20-3)16-10-15(19)9-14-6-7-21-18(14)16/h4-5,8-10,17,20H,6-7H2,1-3H3. The molecule has 0 spiro atoms. The molecule has 3 rings (SSSR count). The Bertz CT molecular complexity index is 681. The van der Waals surface area contributed by atoms with Gasteiger partial charge in [0, 0.05) is 16.5 Å². The van der Waals surface area contributed by atoms with Gasteiger partial charge < -0.3 is 10.1 Å². The average Bonchev–Trinajstić information content (AvgIpc) is 2.91. The molecule has 1 unspecified atom stereocenters. The van der Waals surface area contributed by atoms with Crippen molar-refractivity contribution in [2.75, 3.05) is 13.7 Å². The van der Waals surface area contributed by atoms with Gasteiger partial charge in [-0.1, -0.05) is 34.1 Å². The summed E-state index contributed by atoms with van der Waals surface area (Å²) in [6.45, 7) is 5.09. The second kappa shape index (κ2) is 5.82. The van der Waals surface area contributed by atoms with E-state index in [1.165, 1.54) is 27.8 Å². The van der Waals surface area contributed by atoms with Crippen molar-refractivity contribution in [3.8, 4) is 5.75 Å². The molecule has 1 aliphatic heterocycles. The van der Waals surface area contributed by atoms with Gasteiger partial charge in [0.2, 0.25) is 0 Å². The zero-order chi connectivity index (χ0) is 15.0. The second-order valence-corrected chi connectivity index (χ2v) is 6.56. The molecule has 0 aromatic heterocycles. The molecule has 2 aromatic rings. The molecule has 0 aliphatic carbocycles. The Morgan fingerprint density at radius 1 is 1.14 bits per heavy atom. The largest absolute Gasteiger partial charge is 0.493 e. The van der Waals surface area contributed by atoms with Crippen LogP contribution in [0.4, 0.5) is 0 Å². The Hall–Kier alpha value is -1.32. The van der Waals surface area contributed by atoms with Crippen molar-refractivity contribution in [1.29, 1.82) is 0 Å². The highest BCUT2D eigenvalue weighted by Crippen LogP contribution is 2.38. The van der Waals surface area contributed by atoms with Crippen molar-refractivity contribution in [3.63, 3.8) is 0 Å². The molecule has 1 atom stereocenters. The lowest BCUT2D eigenvalue weighted by molar-refractivity contribution is 0.351. The molecule has 110 valence electrons. The van der Waals surface area contributed by atoms with Gasteiger partial charge in [0.1, 0.15) is 5.75 Å². The number of hydrogen-bond donors (Lipinski definition) is 1. The van der Waals surface area contributed by atoms with Crippen molar-refractivity contribution in [2.45, 2.75) is 26.3 Å². The van der Waals surface area contributed by atoms with Gasteiger partial charge in [-0.05, 0) is 55.3 Å². The highest BCUT2D eigenvalue weighted by molar-refractivity contribution is 9.10. The van der Waals surface area contributed by atoms with Crippen LogP contribution in [0.3, 0.4) is 0 Å². The summed E-state index contributed by atoms with van der Waals surface area (Å²) in [5.41, 5.74) is 6.42. The molecular formula is C18H20BrNO. The van der Waals surface area contributed by atoms with E-state index < -0.39 is 0 Å². The van der Waals surface area contributed by atoms with E-state index in [0.717, 1.165) is 23.2 Å². The van der Waals surface area contributed by atoms with E-state index >= 15 is 0 Å². The van der Waals surface area contributed by atoms with Gasteiger partial charge in [0.25, 0.3) is 0 Å². The molecule has 0 saturated heterocycles. The average molecular weight is 346 g/mol. The summed E-state index contributed by atoms with van der Waals surface area (Å²) < 4.78 is 7.00. The first-order chi connectivity index (χ1) is 10.1. The third kappa shape index (κ3) is 2.72. The lowest BCUT2D eigenvalue weighted by Gasteiger charge is -2.21. The van der Waals surface area contributed by atoms with Crippen LogP contribution in [0.1, 0.15) is 33.9 Å². The third-order valence-corrected chi connectivity index (χ3v) is 4.70. The van der Waals surface area contributed by atoms with Gasteiger partial charge >= 0.3 is 0 Å². The SMILES string of the molecule is CNC(c1ccc(C)c(C)c1)c1cc(Br)cc2c1OCC2. The first-order valence-electron chi connectivity index (χ1n) is 7.29. The Balaban J connectivity index is 2.10. The molecule has 0 amide bonds. The number of rotatable bonds is 3. The van der Waals surface area contributed by atoms with Crippen LogP contribution in [0.2, 0.25) is 0 Å². The minimum Gasteiger partial charge on any atom is -0.493 e. The molecule has 1 aliphatic rings. The molecule has 3 heteroatoms. The lowest BCUT2D eigenvalue weighted by Crippen LogP contribution is -2.18. The van der Waals surface area contributed by atoms with Gasteiger partial charge in [-0.2, -0.15) is 0 Å². The Morgan fingerprint density at radius 3 is 2.67 bits per heavy atom. The Morgan fingerprint density at radius 2 is 1.95 bits per heavy atom. The van der Waals surface area contributed by atoms with Crippen LogP contribution in [0.25, 0.3) is 0 Å². The van der Waals surface area contributed by atoms with Crippen LogP contribution in [0, 0.1) is 13.8 Å². The highest BCUT2D eigenvalue weighted by Gasteiger charge is 2.23. The third-order valence-electron chi connectivity index (χ3n) is 4.24. The Labute approximate surface area is 134 Å². The van der Waals surface area contributed by atoms with Crippen LogP contribution in [-0.2, 0) is 6.42 Å². The number of fused-ring (bicyclic) bond motifs is 1. The van der Waals surface area contributed by atoms with Crippen LogP contribution in [0.15, 0.2) is 34.8 Å². The van der Waals surface area contributed by atoms with Gasteiger partial charge in [-0.3, -0.25) is 0 Å². The van der Waals surface area contributed by atoms with Crippen molar-refractivity contribution in [2.24, 2.45) is 0 Å². The zero-order valence-electron chi connectivity index (χ0n) is 12.7. The van der Waals surface area contributed by atoms with Crippen molar-refractivity contribution >= 4 is 15.9 Å². The highest BCUT2D eigenvalue weighted by atomic mass is 79.9. The molecule has 1 heterocycles. The first-order valence-corrected chi connectivity index (χ1v) is 8.09. The lowest BCUT2D eigenvalue weighted by atomic mass is 9.94. The number of nitrogens with one attached hydrogen (secondary N) is 1. The minimum absolute atomic E-state index is 0.147. The minimum atomic E-state index is 0.147. The summed E-state index contributed by atoms with van der Waals surface area (Å²) >= 11 is 3.63. The van der Waals surface area contributed by atoms with E-state index in [9.17, 15) is 0 Å². The number of hydrogen-bond acceptors (Lipinski definition) is 2. The number of aryl methyl sites for hydroxylation is 2. The maximum absolute atomic E-state index is 5.88. The molecule has 2 nitrogen and oxygen atoms in total. The van der Waals surface area contributed by atoms with Crippen LogP contribution < -0.4 is 10.1 Å². The second-order valence-electron chi connectivity index (χ2n) is 5.65. The molecule has 0 fully saturated rings. The molecule has 2 aromatic carbocycles. The summed E-state index contributed by atoms with van der Waals surface area (Å²) in [6, 6.07) is 11.1. The summed E-state index contributed by atoms with van der Waals surface area (Å²) in [5, 5.41) is 3.44. The number of benzene rings is 2. The Kier molecular flexibility index (Phi) is 4.05. The maximum Gasteiger partial charge on any atom is 0.127 e. The molecule has 21 heavy (non-hydrogen) atoms. The number of halogens is 1. The molecule has 1 N–H and O–H groups in total. The predicted molar refractivity (Wildman–Crippen MR) is 90.2 cm³/mol.